The number of imidazole rings is 1. The molecule has 0 radical (unpaired) electrons. The highest BCUT2D eigenvalue weighted by atomic mass is 79.9. The van der Waals surface area contributed by atoms with Gasteiger partial charge in [-0.15, -0.1) is 0 Å². The molecule has 1 N–H and O–H groups in total. The van der Waals surface area contributed by atoms with Crippen molar-refractivity contribution in [2.75, 3.05) is 0 Å². The van der Waals surface area contributed by atoms with Crippen molar-refractivity contribution in [3.8, 4) is 5.75 Å². The number of halogens is 1. The summed E-state index contributed by atoms with van der Waals surface area (Å²) in [5.41, 5.74) is 2.12. The van der Waals surface area contributed by atoms with Crippen molar-refractivity contribution in [3.63, 3.8) is 0 Å². The molecular weight excluding hydrogens is 308 g/mol. The minimum Gasteiger partial charge on any atom is -0.486 e. The topological polar surface area (TPSA) is 55.2 Å². The Morgan fingerprint density at radius 3 is 2.63 bits per heavy atom. The Bertz CT molecular complexity index is 714. The maximum atomic E-state index is 5.67. The van der Waals surface area contributed by atoms with Gasteiger partial charge in [0.15, 0.2) is 5.82 Å². The van der Waals surface area contributed by atoms with E-state index in [9.17, 15) is 0 Å². The number of nitrogens with zero attached hydrogens (tertiary/aromatic N) is 3. The number of nitrogens with one attached hydrogen (secondary N) is 1. The first kappa shape index (κ1) is 12.2. The van der Waals surface area contributed by atoms with Crippen LogP contribution in [0.2, 0.25) is 0 Å². The fourth-order valence-corrected chi connectivity index (χ4v) is 2.13. The van der Waals surface area contributed by atoms with E-state index in [-0.39, 0.29) is 0 Å². The Hall–Kier alpha value is -1.82. The summed E-state index contributed by atoms with van der Waals surface area (Å²) in [6.07, 6.45) is 0. The molecule has 3 rings (SSSR count). The van der Waals surface area contributed by atoms with Crippen LogP contribution in [0.1, 0.15) is 17.1 Å². The molecule has 2 heterocycles. The van der Waals surface area contributed by atoms with Crippen LogP contribution in [0, 0.1) is 13.8 Å². The van der Waals surface area contributed by atoms with E-state index >= 15 is 0 Å². The lowest BCUT2D eigenvalue weighted by atomic mass is 10.2. The zero-order valence-electron chi connectivity index (χ0n) is 10.6. The zero-order valence-corrected chi connectivity index (χ0v) is 12.2. The third-order valence-corrected chi connectivity index (χ3v) is 3.76. The second-order valence-electron chi connectivity index (χ2n) is 4.40. The SMILES string of the molecule is Cc1ccc(OCc2nc3nc(C)c(Br)n3[nH]2)cc1. The third kappa shape index (κ3) is 2.35. The van der Waals surface area contributed by atoms with E-state index in [4.69, 9.17) is 4.74 Å². The van der Waals surface area contributed by atoms with Crippen LogP contribution < -0.4 is 4.74 Å². The van der Waals surface area contributed by atoms with Gasteiger partial charge in [-0.3, -0.25) is 5.10 Å². The van der Waals surface area contributed by atoms with E-state index < -0.39 is 0 Å². The first-order chi connectivity index (χ1) is 9.13. The molecule has 0 spiro atoms. The normalized spacial score (nSPS) is 11.1. The van der Waals surface area contributed by atoms with Crippen LogP contribution >= 0.6 is 15.9 Å². The van der Waals surface area contributed by atoms with Gasteiger partial charge in [0, 0.05) is 0 Å². The van der Waals surface area contributed by atoms with Crippen molar-refractivity contribution in [3.05, 3.63) is 46.0 Å². The number of fused-ring (bicyclic) bond motifs is 1. The van der Waals surface area contributed by atoms with Gasteiger partial charge in [0.1, 0.15) is 17.0 Å². The first-order valence-electron chi connectivity index (χ1n) is 5.92. The van der Waals surface area contributed by atoms with Crippen LogP contribution in [0.3, 0.4) is 0 Å². The fraction of sp³-hybridized carbons (Fsp3) is 0.231. The molecule has 1 aromatic carbocycles. The lowest BCUT2D eigenvalue weighted by molar-refractivity contribution is 0.296. The summed E-state index contributed by atoms with van der Waals surface area (Å²) in [6.45, 7) is 4.36. The molecule has 0 aliphatic carbocycles. The van der Waals surface area contributed by atoms with E-state index in [0.717, 1.165) is 21.9 Å². The van der Waals surface area contributed by atoms with Crippen molar-refractivity contribution < 1.29 is 4.74 Å². The molecule has 19 heavy (non-hydrogen) atoms. The quantitative estimate of drug-likeness (QED) is 0.807. The minimum atomic E-state index is 0.387. The Balaban J connectivity index is 1.76. The van der Waals surface area contributed by atoms with Crippen LogP contribution in [-0.4, -0.2) is 19.6 Å². The number of aryl methyl sites for hydroxylation is 2. The summed E-state index contributed by atoms with van der Waals surface area (Å²) >= 11 is 3.46. The molecule has 0 aliphatic rings. The standard InChI is InChI=1S/C13H13BrN4O/c1-8-3-5-10(6-4-8)19-7-11-16-13-15-9(2)12(14)18(13)17-11/h3-6H,7H2,1-2H3,(H,15,16,17). The van der Waals surface area contributed by atoms with E-state index in [1.165, 1.54) is 5.56 Å². The van der Waals surface area contributed by atoms with Crippen LogP contribution in [0.15, 0.2) is 28.9 Å². The van der Waals surface area contributed by atoms with Gasteiger partial charge in [-0.25, -0.2) is 9.50 Å². The van der Waals surface area contributed by atoms with Crippen LogP contribution in [0.25, 0.3) is 5.78 Å². The van der Waals surface area contributed by atoms with Gasteiger partial charge in [0.05, 0.1) is 5.69 Å². The molecular formula is C13H13BrN4O. The molecule has 5 nitrogen and oxygen atoms in total. The lowest BCUT2D eigenvalue weighted by Crippen LogP contribution is -1.98. The number of aromatic nitrogens is 4. The first-order valence-corrected chi connectivity index (χ1v) is 6.71. The Labute approximate surface area is 118 Å². The van der Waals surface area contributed by atoms with Crippen LogP contribution in [-0.2, 0) is 6.61 Å². The smallest absolute Gasteiger partial charge is 0.252 e. The molecule has 6 heteroatoms. The minimum absolute atomic E-state index is 0.387. The average molecular weight is 321 g/mol. The largest absolute Gasteiger partial charge is 0.486 e. The second kappa shape index (κ2) is 4.70. The molecule has 0 bridgehead atoms. The Kier molecular flexibility index (Phi) is 3.02. The summed E-state index contributed by atoms with van der Waals surface area (Å²) < 4.78 is 8.35. The van der Waals surface area contributed by atoms with Crippen LogP contribution in [0.4, 0.5) is 0 Å². The van der Waals surface area contributed by atoms with Gasteiger partial charge in [-0.1, -0.05) is 17.7 Å². The van der Waals surface area contributed by atoms with Gasteiger partial charge < -0.3 is 4.74 Å². The maximum absolute atomic E-state index is 5.67. The van der Waals surface area contributed by atoms with Crippen molar-refractivity contribution in [1.82, 2.24) is 19.6 Å². The number of ether oxygens (including phenoxy) is 1. The average Bonchev–Trinajstić information content (AvgIpc) is 2.90. The number of aromatic amines is 1. The highest BCUT2D eigenvalue weighted by Gasteiger charge is 2.10. The Morgan fingerprint density at radius 1 is 1.21 bits per heavy atom. The second-order valence-corrected chi connectivity index (χ2v) is 5.15. The zero-order chi connectivity index (χ0) is 13.4. The molecule has 0 unspecified atom stereocenters. The number of H-pyrrole nitrogens is 1. The third-order valence-electron chi connectivity index (χ3n) is 2.83. The van der Waals surface area contributed by atoms with Crippen molar-refractivity contribution in [2.45, 2.75) is 20.5 Å². The van der Waals surface area contributed by atoms with Crippen molar-refractivity contribution in [2.24, 2.45) is 0 Å². The fourth-order valence-electron chi connectivity index (χ4n) is 1.80. The maximum Gasteiger partial charge on any atom is 0.252 e. The molecule has 0 saturated carbocycles. The van der Waals surface area contributed by atoms with E-state index in [2.05, 4.69) is 31.0 Å². The molecule has 3 aromatic rings. The van der Waals surface area contributed by atoms with E-state index in [1.54, 1.807) is 4.52 Å². The van der Waals surface area contributed by atoms with E-state index in [0.29, 0.717) is 12.4 Å². The van der Waals surface area contributed by atoms with Gasteiger partial charge in [0.2, 0.25) is 0 Å². The molecule has 0 aliphatic heterocycles. The van der Waals surface area contributed by atoms with Gasteiger partial charge in [-0.2, -0.15) is 4.98 Å². The van der Waals surface area contributed by atoms with Gasteiger partial charge in [0.25, 0.3) is 5.78 Å². The predicted octanol–water partition coefficient (Wildman–Crippen LogP) is 3.02. The summed E-state index contributed by atoms with van der Waals surface area (Å²) in [6, 6.07) is 7.93. The van der Waals surface area contributed by atoms with Crippen molar-refractivity contribution in [1.29, 1.82) is 0 Å². The van der Waals surface area contributed by atoms with E-state index in [1.807, 2.05) is 38.1 Å². The summed E-state index contributed by atoms with van der Waals surface area (Å²) in [5, 5.41) is 3.14. The highest BCUT2D eigenvalue weighted by molar-refractivity contribution is 9.10. The summed E-state index contributed by atoms with van der Waals surface area (Å²) in [7, 11) is 0. The number of benzene rings is 1. The van der Waals surface area contributed by atoms with Crippen LogP contribution in [0.5, 0.6) is 5.75 Å². The number of hydrogen-bond donors (Lipinski definition) is 1. The van der Waals surface area contributed by atoms with Gasteiger partial charge in [-0.05, 0) is 41.9 Å². The summed E-state index contributed by atoms with van der Waals surface area (Å²) in [4.78, 5) is 8.69. The lowest BCUT2D eigenvalue weighted by Gasteiger charge is -2.03. The molecule has 0 atom stereocenters. The highest BCUT2D eigenvalue weighted by Crippen LogP contribution is 2.17. The molecule has 98 valence electrons. The Morgan fingerprint density at radius 2 is 1.95 bits per heavy atom. The summed E-state index contributed by atoms with van der Waals surface area (Å²) in [5.74, 6) is 2.21. The molecule has 0 amide bonds. The monoisotopic (exact) mass is 320 g/mol. The number of hydrogen-bond acceptors (Lipinski definition) is 3. The van der Waals surface area contributed by atoms with Gasteiger partial charge >= 0.3 is 0 Å². The molecule has 0 fully saturated rings. The molecule has 0 saturated heterocycles. The van der Waals surface area contributed by atoms with Crippen molar-refractivity contribution >= 4 is 21.7 Å². The molecule has 2 aromatic heterocycles. The number of rotatable bonds is 3. The predicted molar refractivity (Wildman–Crippen MR) is 75.3 cm³/mol.